The molecular formula is C24H24N2O3. The molecule has 29 heavy (non-hydrogen) atoms. The number of pyridine rings is 1. The van der Waals surface area contributed by atoms with Gasteiger partial charge in [0.2, 0.25) is 0 Å². The number of benzene rings is 2. The van der Waals surface area contributed by atoms with Crippen LogP contribution in [-0.2, 0) is 6.61 Å². The first-order valence-electron chi connectivity index (χ1n) is 9.85. The Balaban J connectivity index is 1.58. The third-order valence-electron chi connectivity index (χ3n) is 5.14. The molecule has 1 fully saturated rings. The van der Waals surface area contributed by atoms with Crippen molar-refractivity contribution in [3.63, 3.8) is 0 Å². The zero-order chi connectivity index (χ0) is 20.1. The average Bonchev–Trinajstić information content (AvgIpc) is 3.32. The van der Waals surface area contributed by atoms with Gasteiger partial charge in [-0.3, -0.25) is 9.78 Å². The van der Waals surface area contributed by atoms with E-state index in [1.165, 1.54) is 0 Å². The second kappa shape index (κ2) is 8.78. The first kappa shape index (κ1) is 19.0. The Bertz CT molecular complexity index is 997. The van der Waals surface area contributed by atoms with Gasteiger partial charge in [0.05, 0.1) is 12.8 Å². The Labute approximate surface area is 170 Å². The summed E-state index contributed by atoms with van der Waals surface area (Å²) in [5, 5.41) is 0. The first-order chi connectivity index (χ1) is 14.3. The SMILES string of the molecule is COc1ccccc1COc1ccccc1-c1cc(C(=O)N2CCCC2)ccn1. The van der Waals surface area contributed by atoms with Gasteiger partial charge in [0.25, 0.3) is 5.91 Å². The molecule has 5 nitrogen and oxygen atoms in total. The van der Waals surface area contributed by atoms with E-state index in [0.29, 0.717) is 12.2 Å². The number of hydrogen-bond donors (Lipinski definition) is 0. The van der Waals surface area contributed by atoms with Crippen LogP contribution in [0.5, 0.6) is 11.5 Å². The van der Waals surface area contributed by atoms with Crippen LogP contribution in [0.15, 0.2) is 66.9 Å². The maximum Gasteiger partial charge on any atom is 0.253 e. The number of hydrogen-bond acceptors (Lipinski definition) is 4. The average molecular weight is 388 g/mol. The van der Waals surface area contributed by atoms with Crippen LogP contribution in [0.2, 0.25) is 0 Å². The number of aromatic nitrogens is 1. The lowest BCUT2D eigenvalue weighted by Crippen LogP contribution is -2.27. The van der Waals surface area contributed by atoms with Gasteiger partial charge < -0.3 is 14.4 Å². The molecular weight excluding hydrogens is 364 g/mol. The third-order valence-corrected chi connectivity index (χ3v) is 5.14. The molecule has 0 spiro atoms. The van der Waals surface area contributed by atoms with E-state index in [1.54, 1.807) is 19.4 Å². The lowest BCUT2D eigenvalue weighted by atomic mass is 10.1. The summed E-state index contributed by atoms with van der Waals surface area (Å²) in [6, 6.07) is 19.2. The number of para-hydroxylation sites is 2. The van der Waals surface area contributed by atoms with Crippen LogP contribution in [-0.4, -0.2) is 36.0 Å². The van der Waals surface area contributed by atoms with Gasteiger partial charge in [-0.1, -0.05) is 30.3 Å². The van der Waals surface area contributed by atoms with Crippen LogP contribution in [0.1, 0.15) is 28.8 Å². The van der Waals surface area contributed by atoms with E-state index >= 15 is 0 Å². The fourth-order valence-corrected chi connectivity index (χ4v) is 3.60. The highest BCUT2D eigenvalue weighted by Crippen LogP contribution is 2.30. The Morgan fingerprint density at radius 1 is 1.00 bits per heavy atom. The first-order valence-corrected chi connectivity index (χ1v) is 9.85. The quantitative estimate of drug-likeness (QED) is 0.621. The predicted octanol–water partition coefficient (Wildman–Crippen LogP) is 4.57. The van der Waals surface area contributed by atoms with Gasteiger partial charge in [-0.2, -0.15) is 0 Å². The highest BCUT2D eigenvalue weighted by molar-refractivity contribution is 5.95. The molecule has 1 aromatic heterocycles. The molecule has 5 heteroatoms. The summed E-state index contributed by atoms with van der Waals surface area (Å²) in [6.45, 7) is 2.04. The summed E-state index contributed by atoms with van der Waals surface area (Å²) in [4.78, 5) is 19.1. The van der Waals surface area contributed by atoms with Crippen LogP contribution in [0, 0.1) is 0 Å². The van der Waals surface area contributed by atoms with Gasteiger partial charge in [-0.15, -0.1) is 0 Å². The molecule has 0 bridgehead atoms. The van der Waals surface area contributed by atoms with Crippen molar-refractivity contribution in [2.75, 3.05) is 20.2 Å². The highest BCUT2D eigenvalue weighted by atomic mass is 16.5. The molecule has 1 saturated heterocycles. The van der Waals surface area contributed by atoms with Gasteiger partial charge in [-0.05, 0) is 43.2 Å². The Hall–Kier alpha value is -3.34. The largest absolute Gasteiger partial charge is 0.496 e. The fraction of sp³-hybridized carbons (Fsp3) is 0.250. The molecule has 3 aromatic rings. The van der Waals surface area contributed by atoms with Crippen molar-refractivity contribution in [3.8, 4) is 22.8 Å². The fourth-order valence-electron chi connectivity index (χ4n) is 3.60. The van der Waals surface area contributed by atoms with Crippen molar-refractivity contribution in [3.05, 3.63) is 78.0 Å². The molecule has 148 valence electrons. The molecule has 0 N–H and O–H groups in total. The van der Waals surface area contributed by atoms with E-state index in [1.807, 2.05) is 59.5 Å². The smallest absolute Gasteiger partial charge is 0.253 e. The summed E-state index contributed by atoms with van der Waals surface area (Å²) < 4.78 is 11.5. The second-order valence-electron chi connectivity index (χ2n) is 7.03. The van der Waals surface area contributed by atoms with Gasteiger partial charge in [0.1, 0.15) is 18.1 Å². The summed E-state index contributed by atoms with van der Waals surface area (Å²) in [5.41, 5.74) is 3.22. The number of carbonyl (C=O) groups excluding carboxylic acids is 1. The molecule has 2 heterocycles. The van der Waals surface area contributed by atoms with E-state index in [9.17, 15) is 4.79 Å². The van der Waals surface area contributed by atoms with E-state index in [0.717, 1.165) is 54.3 Å². The summed E-state index contributed by atoms with van der Waals surface area (Å²) in [7, 11) is 1.65. The highest BCUT2D eigenvalue weighted by Gasteiger charge is 2.20. The summed E-state index contributed by atoms with van der Waals surface area (Å²) in [5.74, 6) is 1.58. The van der Waals surface area contributed by atoms with Crippen molar-refractivity contribution in [1.82, 2.24) is 9.88 Å². The molecule has 0 saturated carbocycles. The molecule has 0 atom stereocenters. The minimum Gasteiger partial charge on any atom is -0.496 e. The van der Waals surface area contributed by atoms with Gasteiger partial charge in [0, 0.05) is 36.0 Å². The van der Waals surface area contributed by atoms with Crippen molar-refractivity contribution < 1.29 is 14.3 Å². The van der Waals surface area contributed by atoms with Crippen molar-refractivity contribution in [2.24, 2.45) is 0 Å². The Morgan fingerprint density at radius 3 is 2.52 bits per heavy atom. The number of ether oxygens (including phenoxy) is 2. The molecule has 0 radical (unpaired) electrons. The van der Waals surface area contributed by atoms with Crippen LogP contribution >= 0.6 is 0 Å². The van der Waals surface area contributed by atoms with Crippen LogP contribution in [0.4, 0.5) is 0 Å². The third kappa shape index (κ3) is 4.24. The molecule has 2 aromatic carbocycles. The number of nitrogens with zero attached hydrogens (tertiary/aromatic N) is 2. The zero-order valence-corrected chi connectivity index (χ0v) is 16.5. The van der Waals surface area contributed by atoms with Crippen LogP contribution in [0.25, 0.3) is 11.3 Å². The Kier molecular flexibility index (Phi) is 5.75. The standard InChI is InChI=1S/C24H24N2O3/c1-28-22-10-4-2-8-19(22)17-29-23-11-5-3-9-20(23)21-16-18(12-13-25-21)24(27)26-14-6-7-15-26/h2-5,8-13,16H,6-7,14-15,17H2,1H3. The van der Waals surface area contributed by atoms with E-state index in [-0.39, 0.29) is 5.91 Å². The number of likely N-dealkylation sites (tertiary alicyclic amines) is 1. The number of carbonyl (C=O) groups is 1. The molecule has 1 amide bonds. The van der Waals surface area contributed by atoms with Gasteiger partial charge in [0.15, 0.2) is 0 Å². The monoisotopic (exact) mass is 388 g/mol. The maximum absolute atomic E-state index is 12.7. The molecule has 4 rings (SSSR count). The molecule has 0 unspecified atom stereocenters. The number of rotatable bonds is 6. The van der Waals surface area contributed by atoms with E-state index in [4.69, 9.17) is 9.47 Å². The lowest BCUT2D eigenvalue weighted by Gasteiger charge is -2.16. The van der Waals surface area contributed by atoms with E-state index in [2.05, 4.69) is 4.98 Å². The van der Waals surface area contributed by atoms with Crippen molar-refractivity contribution in [2.45, 2.75) is 19.4 Å². The normalized spacial score (nSPS) is 13.3. The predicted molar refractivity (Wildman–Crippen MR) is 112 cm³/mol. The minimum atomic E-state index is 0.0681. The van der Waals surface area contributed by atoms with Crippen LogP contribution < -0.4 is 9.47 Å². The van der Waals surface area contributed by atoms with Gasteiger partial charge in [-0.25, -0.2) is 0 Å². The van der Waals surface area contributed by atoms with Crippen molar-refractivity contribution in [1.29, 1.82) is 0 Å². The molecule has 1 aliphatic heterocycles. The lowest BCUT2D eigenvalue weighted by molar-refractivity contribution is 0.0792. The minimum absolute atomic E-state index is 0.0681. The Morgan fingerprint density at radius 2 is 1.72 bits per heavy atom. The topological polar surface area (TPSA) is 51.7 Å². The van der Waals surface area contributed by atoms with Crippen LogP contribution in [0.3, 0.4) is 0 Å². The number of methoxy groups -OCH3 is 1. The summed E-state index contributed by atoms with van der Waals surface area (Å²) in [6.07, 6.45) is 3.84. The number of amides is 1. The zero-order valence-electron chi connectivity index (χ0n) is 16.5. The maximum atomic E-state index is 12.7. The van der Waals surface area contributed by atoms with E-state index < -0.39 is 0 Å². The summed E-state index contributed by atoms with van der Waals surface area (Å²) >= 11 is 0. The molecule has 1 aliphatic rings. The van der Waals surface area contributed by atoms with Gasteiger partial charge >= 0.3 is 0 Å². The molecule has 0 aliphatic carbocycles. The second-order valence-corrected chi connectivity index (χ2v) is 7.03. The van der Waals surface area contributed by atoms with Crippen molar-refractivity contribution >= 4 is 5.91 Å².